The van der Waals surface area contributed by atoms with Gasteiger partial charge in [0.25, 0.3) is 0 Å². The average Bonchev–Trinajstić information content (AvgIpc) is 2.49. The van der Waals surface area contributed by atoms with Gasteiger partial charge in [-0.05, 0) is 37.6 Å². The molecule has 0 bridgehead atoms. The highest BCUT2D eigenvalue weighted by molar-refractivity contribution is 5.31. The van der Waals surface area contributed by atoms with E-state index in [9.17, 15) is 0 Å². The second kappa shape index (κ2) is 10.6. The van der Waals surface area contributed by atoms with Crippen molar-refractivity contribution >= 4 is 0 Å². The van der Waals surface area contributed by atoms with Crippen molar-refractivity contribution in [1.29, 1.82) is 0 Å². The molecule has 0 aliphatic carbocycles. The Bertz CT molecular complexity index is 337. The highest BCUT2D eigenvalue weighted by Crippen LogP contribution is 2.16. The van der Waals surface area contributed by atoms with Crippen LogP contribution < -0.4 is 14.8 Å². The molecule has 0 aliphatic rings. The molecule has 0 fully saturated rings. The molecule has 1 rings (SSSR count). The van der Waals surface area contributed by atoms with Crippen molar-refractivity contribution in [1.82, 2.24) is 5.32 Å². The van der Waals surface area contributed by atoms with Gasteiger partial charge in [-0.3, -0.25) is 0 Å². The minimum absolute atomic E-state index is 0.575. The van der Waals surface area contributed by atoms with Crippen LogP contribution in [0.2, 0.25) is 0 Å². The Hall–Kier alpha value is -1.22. The van der Waals surface area contributed by atoms with Crippen LogP contribution in [0.1, 0.15) is 46.0 Å². The highest BCUT2D eigenvalue weighted by Gasteiger charge is 2.01. The molecular weight excluding hydrogens is 250 g/mol. The predicted molar refractivity (Wildman–Crippen MR) is 84.7 cm³/mol. The van der Waals surface area contributed by atoms with E-state index in [2.05, 4.69) is 19.2 Å². The normalized spacial score (nSPS) is 12.2. The van der Waals surface area contributed by atoms with E-state index in [1.165, 1.54) is 32.1 Å². The number of methoxy groups -OCH3 is 1. The molecule has 0 aromatic heterocycles. The van der Waals surface area contributed by atoms with Gasteiger partial charge < -0.3 is 14.8 Å². The van der Waals surface area contributed by atoms with E-state index in [4.69, 9.17) is 9.47 Å². The first-order chi connectivity index (χ1) is 9.76. The first-order valence-corrected chi connectivity index (χ1v) is 7.76. The van der Waals surface area contributed by atoms with E-state index in [1.807, 2.05) is 24.3 Å². The van der Waals surface area contributed by atoms with Crippen molar-refractivity contribution in [3.8, 4) is 11.5 Å². The summed E-state index contributed by atoms with van der Waals surface area (Å²) in [6.45, 7) is 6.09. The van der Waals surface area contributed by atoms with E-state index in [-0.39, 0.29) is 0 Å². The zero-order valence-electron chi connectivity index (χ0n) is 13.2. The fourth-order valence-electron chi connectivity index (χ4n) is 2.13. The van der Waals surface area contributed by atoms with Crippen molar-refractivity contribution in [2.24, 2.45) is 0 Å². The number of nitrogens with one attached hydrogen (secondary N) is 1. The largest absolute Gasteiger partial charge is 0.497 e. The minimum Gasteiger partial charge on any atom is -0.497 e. The van der Waals surface area contributed by atoms with Gasteiger partial charge >= 0.3 is 0 Å². The molecule has 0 saturated carbocycles. The fourth-order valence-corrected chi connectivity index (χ4v) is 2.13. The summed E-state index contributed by atoms with van der Waals surface area (Å²) in [5, 5.41) is 3.50. The molecule has 1 aromatic carbocycles. The van der Waals surface area contributed by atoms with Crippen LogP contribution in [-0.2, 0) is 0 Å². The molecule has 0 aliphatic heterocycles. The number of rotatable bonds is 11. The maximum Gasteiger partial charge on any atom is 0.119 e. The molecule has 3 heteroatoms. The summed E-state index contributed by atoms with van der Waals surface area (Å²) in [5.41, 5.74) is 0. The maximum absolute atomic E-state index is 5.68. The second-order valence-corrected chi connectivity index (χ2v) is 5.23. The van der Waals surface area contributed by atoms with Gasteiger partial charge in [-0.1, -0.05) is 32.6 Å². The van der Waals surface area contributed by atoms with Gasteiger partial charge in [-0.2, -0.15) is 0 Å². The Balaban J connectivity index is 2.05. The SMILES string of the molecule is CCCCCCC(C)NCCOc1ccc(OC)cc1. The second-order valence-electron chi connectivity index (χ2n) is 5.23. The molecule has 1 N–H and O–H groups in total. The first-order valence-electron chi connectivity index (χ1n) is 7.76. The molecule has 0 spiro atoms. The Morgan fingerprint density at radius 1 is 1.05 bits per heavy atom. The predicted octanol–water partition coefficient (Wildman–Crippen LogP) is 4.02. The Morgan fingerprint density at radius 3 is 2.40 bits per heavy atom. The molecule has 20 heavy (non-hydrogen) atoms. The Kier molecular flexibility index (Phi) is 8.88. The van der Waals surface area contributed by atoms with Gasteiger partial charge in [0.2, 0.25) is 0 Å². The van der Waals surface area contributed by atoms with Crippen molar-refractivity contribution in [2.75, 3.05) is 20.3 Å². The molecule has 0 amide bonds. The number of unbranched alkanes of at least 4 members (excludes halogenated alkanes) is 3. The van der Waals surface area contributed by atoms with Crippen LogP contribution >= 0.6 is 0 Å². The van der Waals surface area contributed by atoms with Crippen LogP contribution in [0.15, 0.2) is 24.3 Å². The zero-order valence-corrected chi connectivity index (χ0v) is 13.2. The third kappa shape index (κ3) is 7.39. The molecule has 0 heterocycles. The van der Waals surface area contributed by atoms with Crippen molar-refractivity contribution in [3.05, 3.63) is 24.3 Å². The topological polar surface area (TPSA) is 30.5 Å². The molecule has 1 atom stereocenters. The van der Waals surface area contributed by atoms with Crippen LogP contribution in [0.3, 0.4) is 0 Å². The van der Waals surface area contributed by atoms with Gasteiger partial charge in [0.15, 0.2) is 0 Å². The van der Waals surface area contributed by atoms with E-state index in [1.54, 1.807) is 7.11 Å². The molecule has 0 saturated heterocycles. The van der Waals surface area contributed by atoms with Crippen LogP contribution in [0.4, 0.5) is 0 Å². The van der Waals surface area contributed by atoms with Crippen molar-refractivity contribution in [2.45, 2.75) is 52.0 Å². The lowest BCUT2D eigenvalue weighted by Gasteiger charge is -2.14. The number of hydrogen-bond donors (Lipinski definition) is 1. The highest BCUT2D eigenvalue weighted by atomic mass is 16.5. The van der Waals surface area contributed by atoms with E-state index >= 15 is 0 Å². The number of benzene rings is 1. The average molecular weight is 279 g/mol. The lowest BCUT2D eigenvalue weighted by atomic mass is 10.1. The van der Waals surface area contributed by atoms with E-state index < -0.39 is 0 Å². The maximum atomic E-state index is 5.68. The lowest BCUT2D eigenvalue weighted by molar-refractivity contribution is 0.303. The van der Waals surface area contributed by atoms with E-state index in [0.29, 0.717) is 12.6 Å². The summed E-state index contributed by atoms with van der Waals surface area (Å²) in [5.74, 6) is 1.75. The molecule has 1 aromatic rings. The summed E-state index contributed by atoms with van der Waals surface area (Å²) in [7, 11) is 1.67. The Labute approximate surface area is 123 Å². The summed E-state index contributed by atoms with van der Waals surface area (Å²) in [6.07, 6.45) is 6.58. The van der Waals surface area contributed by atoms with Crippen molar-refractivity contribution in [3.63, 3.8) is 0 Å². The van der Waals surface area contributed by atoms with Gasteiger partial charge in [-0.15, -0.1) is 0 Å². The number of hydrogen-bond acceptors (Lipinski definition) is 3. The summed E-state index contributed by atoms with van der Waals surface area (Å²) in [6, 6.07) is 8.28. The standard InChI is InChI=1S/C17H29NO2/c1-4-5-6-7-8-15(2)18-13-14-20-17-11-9-16(19-3)10-12-17/h9-12,15,18H,4-8,13-14H2,1-3H3. The summed E-state index contributed by atoms with van der Waals surface area (Å²) < 4.78 is 10.8. The zero-order chi connectivity index (χ0) is 14.6. The summed E-state index contributed by atoms with van der Waals surface area (Å²) in [4.78, 5) is 0. The van der Waals surface area contributed by atoms with Gasteiger partial charge in [0, 0.05) is 12.6 Å². The van der Waals surface area contributed by atoms with Crippen LogP contribution in [0.25, 0.3) is 0 Å². The van der Waals surface area contributed by atoms with Crippen LogP contribution in [-0.4, -0.2) is 26.3 Å². The summed E-state index contributed by atoms with van der Waals surface area (Å²) >= 11 is 0. The lowest BCUT2D eigenvalue weighted by Crippen LogP contribution is -2.30. The van der Waals surface area contributed by atoms with Crippen LogP contribution in [0.5, 0.6) is 11.5 Å². The molecule has 3 nitrogen and oxygen atoms in total. The minimum atomic E-state index is 0.575. The molecule has 1 unspecified atom stereocenters. The van der Waals surface area contributed by atoms with E-state index in [0.717, 1.165) is 18.0 Å². The van der Waals surface area contributed by atoms with Gasteiger partial charge in [-0.25, -0.2) is 0 Å². The monoisotopic (exact) mass is 279 g/mol. The fraction of sp³-hybridized carbons (Fsp3) is 0.647. The molecule has 0 radical (unpaired) electrons. The first kappa shape index (κ1) is 16.8. The number of ether oxygens (including phenoxy) is 2. The molecule has 114 valence electrons. The molecular formula is C17H29NO2. The third-order valence-electron chi connectivity index (χ3n) is 3.41. The smallest absolute Gasteiger partial charge is 0.119 e. The Morgan fingerprint density at radius 2 is 1.75 bits per heavy atom. The third-order valence-corrected chi connectivity index (χ3v) is 3.41. The quantitative estimate of drug-likeness (QED) is 0.621. The van der Waals surface area contributed by atoms with Crippen molar-refractivity contribution < 1.29 is 9.47 Å². The van der Waals surface area contributed by atoms with Gasteiger partial charge in [0.1, 0.15) is 18.1 Å². The van der Waals surface area contributed by atoms with Crippen LogP contribution in [0, 0.1) is 0 Å². The van der Waals surface area contributed by atoms with Gasteiger partial charge in [0.05, 0.1) is 7.11 Å².